The number of aromatic nitrogens is 2. The Bertz CT molecular complexity index is 866. The summed E-state index contributed by atoms with van der Waals surface area (Å²) < 4.78 is 1.99. The molecule has 1 amide bonds. The van der Waals surface area contributed by atoms with Crippen LogP contribution in [0, 0.1) is 13.8 Å². The molecule has 26 heavy (non-hydrogen) atoms. The number of aryl methyl sites for hydroxylation is 2. The van der Waals surface area contributed by atoms with Crippen LogP contribution in [-0.2, 0) is 13.1 Å². The fraction of sp³-hybridized carbons (Fsp3) is 0.273. The van der Waals surface area contributed by atoms with Crippen molar-refractivity contribution in [2.24, 2.45) is 0 Å². The van der Waals surface area contributed by atoms with Crippen molar-refractivity contribution in [3.8, 4) is 0 Å². The first-order valence-electron chi connectivity index (χ1n) is 9.00. The zero-order valence-corrected chi connectivity index (χ0v) is 15.6. The van der Waals surface area contributed by atoms with Gasteiger partial charge >= 0.3 is 0 Å². The molecule has 0 radical (unpaired) electrons. The molecule has 0 aliphatic heterocycles. The highest BCUT2D eigenvalue weighted by atomic mass is 16.2. The van der Waals surface area contributed by atoms with Crippen LogP contribution in [0.3, 0.4) is 0 Å². The quantitative estimate of drug-likeness (QED) is 0.670. The first-order chi connectivity index (χ1) is 12.6. The molecular weight excluding hydrogens is 322 g/mol. The van der Waals surface area contributed by atoms with Gasteiger partial charge in [-0.3, -0.25) is 9.48 Å². The van der Waals surface area contributed by atoms with E-state index in [1.165, 1.54) is 0 Å². The Hall–Kier alpha value is -2.88. The van der Waals surface area contributed by atoms with Crippen molar-refractivity contribution in [2.45, 2.75) is 33.9 Å². The zero-order valence-electron chi connectivity index (χ0n) is 15.6. The lowest BCUT2D eigenvalue weighted by Gasteiger charge is -2.21. The van der Waals surface area contributed by atoms with E-state index in [4.69, 9.17) is 0 Å². The predicted octanol–water partition coefficient (Wildman–Crippen LogP) is 4.21. The van der Waals surface area contributed by atoms with Gasteiger partial charge in [-0.1, -0.05) is 42.5 Å². The number of benzene rings is 2. The third-order valence-corrected chi connectivity index (χ3v) is 4.52. The van der Waals surface area contributed by atoms with Crippen molar-refractivity contribution < 1.29 is 4.79 Å². The molecule has 4 nitrogen and oxygen atoms in total. The Morgan fingerprint density at radius 3 is 2.27 bits per heavy atom. The standard InChI is InChI=1S/C22H25N3O/c1-4-24(15-19-8-6-5-7-9-19)22(26)21-12-10-20(11-13-21)16-25-18(3)14-17(2)23-25/h5-14H,4,15-16H2,1-3H3. The maximum atomic E-state index is 12.8. The first kappa shape index (κ1) is 17.9. The van der Waals surface area contributed by atoms with E-state index in [0.29, 0.717) is 13.1 Å². The van der Waals surface area contributed by atoms with Crippen LogP contribution in [-0.4, -0.2) is 27.1 Å². The minimum atomic E-state index is 0.0639. The van der Waals surface area contributed by atoms with Crippen molar-refractivity contribution >= 4 is 5.91 Å². The SMILES string of the molecule is CCN(Cc1ccccc1)C(=O)c1ccc(Cn2nc(C)cc2C)cc1. The minimum Gasteiger partial charge on any atom is -0.335 e. The van der Waals surface area contributed by atoms with Gasteiger partial charge in [-0.25, -0.2) is 0 Å². The molecule has 0 saturated carbocycles. The van der Waals surface area contributed by atoms with E-state index in [9.17, 15) is 4.79 Å². The summed E-state index contributed by atoms with van der Waals surface area (Å²) in [5.41, 5.74) is 5.17. The number of hydrogen-bond acceptors (Lipinski definition) is 2. The van der Waals surface area contributed by atoms with Crippen molar-refractivity contribution in [3.63, 3.8) is 0 Å². The number of amides is 1. The van der Waals surface area contributed by atoms with Crippen LogP contribution in [0.5, 0.6) is 0 Å². The van der Waals surface area contributed by atoms with E-state index in [0.717, 1.165) is 34.6 Å². The summed E-state index contributed by atoms with van der Waals surface area (Å²) in [5.74, 6) is 0.0639. The van der Waals surface area contributed by atoms with E-state index < -0.39 is 0 Å². The van der Waals surface area contributed by atoms with Crippen LogP contribution in [0.4, 0.5) is 0 Å². The maximum Gasteiger partial charge on any atom is 0.254 e. The summed E-state index contributed by atoms with van der Waals surface area (Å²) in [5, 5.41) is 4.49. The third-order valence-electron chi connectivity index (χ3n) is 4.52. The Morgan fingerprint density at radius 2 is 1.69 bits per heavy atom. The number of carbonyl (C=O) groups is 1. The predicted molar refractivity (Wildman–Crippen MR) is 104 cm³/mol. The van der Waals surface area contributed by atoms with Crippen LogP contribution in [0.25, 0.3) is 0 Å². The van der Waals surface area contributed by atoms with Crippen molar-refractivity contribution in [1.29, 1.82) is 0 Å². The molecule has 3 aromatic rings. The number of rotatable bonds is 6. The topological polar surface area (TPSA) is 38.1 Å². The molecule has 1 heterocycles. The Labute approximate surface area is 155 Å². The smallest absolute Gasteiger partial charge is 0.254 e. The van der Waals surface area contributed by atoms with E-state index in [2.05, 4.69) is 18.1 Å². The molecule has 1 aromatic heterocycles. The molecule has 0 bridgehead atoms. The summed E-state index contributed by atoms with van der Waals surface area (Å²) in [7, 11) is 0. The van der Waals surface area contributed by atoms with E-state index >= 15 is 0 Å². The normalized spacial score (nSPS) is 10.7. The van der Waals surface area contributed by atoms with Gasteiger partial charge in [0.1, 0.15) is 0 Å². The van der Waals surface area contributed by atoms with Gasteiger partial charge in [0.2, 0.25) is 0 Å². The van der Waals surface area contributed by atoms with Crippen LogP contribution < -0.4 is 0 Å². The fourth-order valence-electron chi connectivity index (χ4n) is 3.07. The molecule has 3 rings (SSSR count). The second-order valence-electron chi connectivity index (χ2n) is 6.59. The largest absolute Gasteiger partial charge is 0.335 e. The molecule has 0 aliphatic rings. The van der Waals surface area contributed by atoms with Crippen molar-refractivity contribution in [1.82, 2.24) is 14.7 Å². The minimum absolute atomic E-state index is 0.0639. The molecule has 2 aromatic carbocycles. The molecule has 0 N–H and O–H groups in total. The summed E-state index contributed by atoms with van der Waals surface area (Å²) in [4.78, 5) is 14.7. The molecule has 0 fully saturated rings. The lowest BCUT2D eigenvalue weighted by molar-refractivity contribution is 0.0752. The molecular formula is C22H25N3O. The molecule has 0 unspecified atom stereocenters. The van der Waals surface area contributed by atoms with Crippen molar-refractivity contribution in [3.05, 3.63) is 88.7 Å². The number of carbonyl (C=O) groups excluding carboxylic acids is 1. The molecule has 0 atom stereocenters. The fourth-order valence-corrected chi connectivity index (χ4v) is 3.07. The molecule has 0 spiro atoms. The van der Waals surface area contributed by atoms with Gasteiger partial charge in [0, 0.05) is 24.3 Å². The van der Waals surface area contributed by atoms with E-state index in [1.54, 1.807) is 0 Å². The molecule has 134 valence electrons. The molecule has 0 saturated heterocycles. The first-order valence-corrected chi connectivity index (χ1v) is 9.00. The van der Waals surface area contributed by atoms with Gasteiger partial charge in [0.25, 0.3) is 5.91 Å². The highest BCUT2D eigenvalue weighted by Gasteiger charge is 2.14. The van der Waals surface area contributed by atoms with Gasteiger partial charge in [-0.15, -0.1) is 0 Å². The summed E-state index contributed by atoms with van der Waals surface area (Å²) >= 11 is 0. The second-order valence-corrected chi connectivity index (χ2v) is 6.59. The van der Waals surface area contributed by atoms with Gasteiger partial charge in [-0.05, 0) is 50.1 Å². The Balaban J connectivity index is 1.70. The number of nitrogens with zero attached hydrogens (tertiary/aromatic N) is 3. The van der Waals surface area contributed by atoms with Crippen LogP contribution in [0.1, 0.15) is 39.8 Å². The third kappa shape index (κ3) is 4.20. The summed E-state index contributed by atoms with van der Waals surface area (Å²) in [6.45, 7) is 8.09. The number of hydrogen-bond donors (Lipinski definition) is 0. The van der Waals surface area contributed by atoms with Crippen LogP contribution >= 0.6 is 0 Å². The Kier molecular flexibility index (Phi) is 5.52. The lowest BCUT2D eigenvalue weighted by Crippen LogP contribution is -2.30. The second kappa shape index (κ2) is 8.00. The van der Waals surface area contributed by atoms with E-state index in [1.807, 2.05) is 78.0 Å². The highest BCUT2D eigenvalue weighted by molar-refractivity contribution is 5.94. The summed E-state index contributed by atoms with van der Waals surface area (Å²) in [6.07, 6.45) is 0. The maximum absolute atomic E-state index is 12.8. The van der Waals surface area contributed by atoms with Gasteiger partial charge < -0.3 is 4.90 Å². The average Bonchev–Trinajstić information content (AvgIpc) is 2.97. The van der Waals surface area contributed by atoms with Gasteiger partial charge in [0.15, 0.2) is 0 Å². The van der Waals surface area contributed by atoms with Crippen LogP contribution in [0.2, 0.25) is 0 Å². The van der Waals surface area contributed by atoms with Crippen LogP contribution in [0.15, 0.2) is 60.7 Å². The van der Waals surface area contributed by atoms with Gasteiger partial charge in [-0.2, -0.15) is 5.10 Å². The monoisotopic (exact) mass is 347 g/mol. The lowest BCUT2D eigenvalue weighted by atomic mass is 10.1. The Morgan fingerprint density at radius 1 is 1.00 bits per heavy atom. The van der Waals surface area contributed by atoms with E-state index in [-0.39, 0.29) is 5.91 Å². The average molecular weight is 347 g/mol. The highest BCUT2D eigenvalue weighted by Crippen LogP contribution is 2.13. The molecule has 4 heteroatoms. The van der Waals surface area contributed by atoms with Gasteiger partial charge in [0.05, 0.1) is 12.2 Å². The molecule has 0 aliphatic carbocycles. The summed E-state index contributed by atoms with van der Waals surface area (Å²) in [6, 6.07) is 20.0. The van der Waals surface area contributed by atoms with Crippen molar-refractivity contribution in [2.75, 3.05) is 6.54 Å². The zero-order chi connectivity index (χ0) is 18.5.